The van der Waals surface area contributed by atoms with E-state index >= 15 is 0 Å². The van der Waals surface area contributed by atoms with Gasteiger partial charge in [-0.05, 0) is 66.8 Å². The number of ether oxygens (including phenoxy) is 1. The Morgan fingerprint density at radius 3 is 2.27 bits per heavy atom. The lowest BCUT2D eigenvalue weighted by Gasteiger charge is -2.34. The summed E-state index contributed by atoms with van der Waals surface area (Å²) in [4.78, 5) is 41.9. The van der Waals surface area contributed by atoms with E-state index < -0.39 is 11.9 Å². The van der Waals surface area contributed by atoms with E-state index in [1.165, 1.54) is 0 Å². The number of amides is 2. The molecule has 0 radical (unpaired) electrons. The number of carbonyl (C=O) groups is 3. The molecule has 5 rings (SSSR count). The first-order chi connectivity index (χ1) is 21.7. The first-order valence-electron chi connectivity index (χ1n) is 14.9. The summed E-state index contributed by atoms with van der Waals surface area (Å²) in [5, 5.41) is 3.94. The van der Waals surface area contributed by atoms with E-state index in [4.69, 9.17) is 27.9 Å². The zero-order valence-electron chi connectivity index (χ0n) is 25.1. The van der Waals surface area contributed by atoms with E-state index in [0.717, 1.165) is 16.7 Å². The summed E-state index contributed by atoms with van der Waals surface area (Å²) >= 11 is 12.4. The second kappa shape index (κ2) is 14.6. The number of carbonyl (C=O) groups excluding carboxylic acids is 3. The van der Waals surface area contributed by atoms with Crippen LogP contribution >= 0.6 is 23.2 Å². The highest BCUT2D eigenvalue weighted by molar-refractivity contribution is 6.42. The Morgan fingerprint density at radius 1 is 0.889 bits per heavy atom. The third-order valence-electron chi connectivity index (χ3n) is 7.98. The quantitative estimate of drug-likeness (QED) is 0.178. The Labute approximate surface area is 273 Å². The SMILES string of the molecule is CCOC(=O)C1=C(C)N(Cc2cccc(C(=O)N[C@H](Cc3ccccc3)c3ccccc3)c2)C(=O)C[C@H]1c1ccc(Cl)c(Cl)c1. The molecule has 0 bridgehead atoms. The van der Waals surface area contributed by atoms with Gasteiger partial charge in [-0.3, -0.25) is 9.59 Å². The van der Waals surface area contributed by atoms with Gasteiger partial charge >= 0.3 is 5.97 Å². The van der Waals surface area contributed by atoms with Crippen molar-refractivity contribution in [2.45, 2.75) is 45.2 Å². The summed E-state index contributed by atoms with van der Waals surface area (Å²) in [5.41, 5.74) is 4.97. The zero-order chi connectivity index (χ0) is 31.9. The van der Waals surface area contributed by atoms with Crippen molar-refractivity contribution in [3.63, 3.8) is 0 Å². The average molecular weight is 642 g/mol. The number of hydrogen-bond donors (Lipinski definition) is 1. The predicted octanol–water partition coefficient (Wildman–Crippen LogP) is 8.06. The van der Waals surface area contributed by atoms with Crippen molar-refractivity contribution in [2.75, 3.05) is 6.61 Å². The summed E-state index contributed by atoms with van der Waals surface area (Å²) in [5.74, 6) is -1.38. The van der Waals surface area contributed by atoms with Crippen LogP contribution in [0, 0.1) is 0 Å². The lowest BCUT2D eigenvalue weighted by atomic mass is 9.83. The lowest BCUT2D eigenvalue weighted by Crippen LogP contribution is -2.38. The molecule has 2 atom stereocenters. The van der Waals surface area contributed by atoms with Crippen LogP contribution in [-0.2, 0) is 27.3 Å². The Bertz CT molecular complexity index is 1720. The smallest absolute Gasteiger partial charge is 0.336 e. The third kappa shape index (κ3) is 7.64. The molecule has 2 amide bonds. The lowest BCUT2D eigenvalue weighted by molar-refractivity contribution is -0.140. The second-order valence-electron chi connectivity index (χ2n) is 11.0. The number of hydrogen-bond acceptors (Lipinski definition) is 4. The molecular formula is C37H34Cl2N2O4. The molecule has 4 aromatic carbocycles. The third-order valence-corrected chi connectivity index (χ3v) is 8.72. The van der Waals surface area contributed by atoms with E-state index in [-0.39, 0.29) is 37.4 Å². The van der Waals surface area contributed by atoms with Gasteiger partial charge in [0.25, 0.3) is 5.91 Å². The van der Waals surface area contributed by atoms with Crippen LogP contribution in [0.15, 0.2) is 114 Å². The average Bonchev–Trinajstić information content (AvgIpc) is 3.05. The fourth-order valence-electron chi connectivity index (χ4n) is 5.71. The van der Waals surface area contributed by atoms with Gasteiger partial charge in [-0.2, -0.15) is 0 Å². The van der Waals surface area contributed by atoms with Gasteiger partial charge in [0.1, 0.15) is 0 Å². The zero-order valence-corrected chi connectivity index (χ0v) is 26.6. The summed E-state index contributed by atoms with van der Waals surface area (Å²) < 4.78 is 5.41. The maximum Gasteiger partial charge on any atom is 0.336 e. The van der Waals surface area contributed by atoms with Gasteiger partial charge < -0.3 is 15.0 Å². The Balaban J connectivity index is 1.40. The van der Waals surface area contributed by atoms with Crippen LogP contribution in [0.3, 0.4) is 0 Å². The van der Waals surface area contributed by atoms with Crippen LogP contribution in [0.2, 0.25) is 10.0 Å². The minimum Gasteiger partial charge on any atom is -0.463 e. The minimum absolute atomic E-state index is 0.0574. The maximum atomic E-state index is 13.6. The first-order valence-corrected chi connectivity index (χ1v) is 15.6. The number of esters is 1. The molecule has 0 saturated heterocycles. The molecule has 230 valence electrons. The standard InChI is InChI=1S/C37H34Cl2N2O4/c1-3-45-37(44)35-24(2)41(34(42)22-30(35)28-17-18-31(38)32(39)21-28)23-26-13-10-16-29(19-26)36(43)40-33(27-14-8-5-9-15-27)20-25-11-6-4-7-12-25/h4-19,21,30,33H,3,20,22-23H2,1-2H3,(H,40,43)/t30-,33+/m0/s1. The van der Waals surface area contributed by atoms with Crippen LogP contribution in [0.25, 0.3) is 0 Å². The first kappa shape index (κ1) is 32.0. The molecule has 1 heterocycles. The molecule has 0 unspecified atom stereocenters. The number of halogens is 2. The van der Waals surface area contributed by atoms with Crippen molar-refractivity contribution < 1.29 is 19.1 Å². The highest BCUT2D eigenvalue weighted by Crippen LogP contribution is 2.39. The summed E-state index contributed by atoms with van der Waals surface area (Å²) in [6, 6.07) is 32.0. The second-order valence-corrected chi connectivity index (χ2v) is 11.8. The van der Waals surface area contributed by atoms with Gasteiger partial charge in [0.2, 0.25) is 5.91 Å². The molecule has 0 saturated carbocycles. The van der Waals surface area contributed by atoms with Crippen molar-refractivity contribution in [1.82, 2.24) is 10.2 Å². The fourth-order valence-corrected chi connectivity index (χ4v) is 6.02. The van der Waals surface area contributed by atoms with Gasteiger partial charge in [0, 0.05) is 23.6 Å². The number of nitrogens with zero attached hydrogens (tertiary/aromatic N) is 1. The molecule has 1 N–H and O–H groups in total. The number of rotatable bonds is 10. The van der Waals surface area contributed by atoms with Crippen LogP contribution in [0.4, 0.5) is 0 Å². The predicted molar refractivity (Wildman–Crippen MR) is 177 cm³/mol. The number of benzene rings is 4. The van der Waals surface area contributed by atoms with E-state index in [0.29, 0.717) is 38.9 Å². The highest BCUT2D eigenvalue weighted by atomic mass is 35.5. The molecule has 8 heteroatoms. The topological polar surface area (TPSA) is 75.7 Å². The maximum absolute atomic E-state index is 13.6. The monoisotopic (exact) mass is 640 g/mol. The van der Waals surface area contributed by atoms with E-state index in [1.54, 1.807) is 55.1 Å². The molecule has 0 spiro atoms. The van der Waals surface area contributed by atoms with E-state index in [2.05, 4.69) is 5.32 Å². The molecule has 6 nitrogen and oxygen atoms in total. The van der Waals surface area contributed by atoms with Crippen LogP contribution in [0.5, 0.6) is 0 Å². The molecule has 0 fully saturated rings. The van der Waals surface area contributed by atoms with Gasteiger partial charge in [-0.15, -0.1) is 0 Å². The molecule has 1 aliphatic rings. The van der Waals surface area contributed by atoms with Gasteiger partial charge in [0.05, 0.1) is 34.8 Å². The normalized spacial score (nSPS) is 15.5. The minimum atomic E-state index is -0.529. The highest BCUT2D eigenvalue weighted by Gasteiger charge is 2.37. The van der Waals surface area contributed by atoms with Crippen LogP contribution in [0.1, 0.15) is 64.8 Å². The van der Waals surface area contributed by atoms with Gasteiger partial charge in [-0.25, -0.2) is 4.79 Å². The van der Waals surface area contributed by atoms with Gasteiger partial charge in [0.15, 0.2) is 0 Å². The van der Waals surface area contributed by atoms with Crippen LogP contribution in [-0.4, -0.2) is 29.3 Å². The molecule has 45 heavy (non-hydrogen) atoms. The van der Waals surface area contributed by atoms with E-state index in [9.17, 15) is 14.4 Å². The molecule has 0 aliphatic carbocycles. The number of nitrogens with one attached hydrogen (secondary N) is 1. The van der Waals surface area contributed by atoms with Crippen molar-refractivity contribution in [3.8, 4) is 0 Å². The number of allylic oxidation sites excluding steroid dienone is 1. The van der Waals surface area contributed by atoms with Gasteiger partial charge in [-0.1, -0.05) is 102 Å². The van der Waals surface area contributed by atoms with Crippen molar-refractivity contribution in [2.24, 2.45) is 0 Å². The summed E-state index contributed by atoms with van der Waals surface area (Å²) in [6.45, 7) is 3.88. The Morgan fingerprint density at radius 2 is 1.58 bits per heavy atom. The molecule has 1 aliphatic heterocycles. The largest absolute Gasteiger partial charge is 0.463 e. The Hall–Kier alpha value is -4.39. The van der Waals surface area contributed by atoms with E-state index in [1.807, 2.05) is 66.7 Å². The molecule has 0 aromatic heterocycles. The Kier molecular flexibility index (Phi) is 10.4. The van der Waals surface area contributed by atoms with Crippen molar-refractivity contribution >= 4 is 41.0 Å². The summed E-state index contributed by atoms with van der Waals surface area (Å²) in [7, 11) is 0. The van der Waals surface area contributed by atoms with Crippen molar-refractivity contribution in [3.05, 3.63) is 152 Å². The molecule has 4 aromatic rings. The fraction of sp³-hybridized carbons (Fsp3) is 0.216. The molecular weight excluding hydrogens is 607 g/mol. The van der Waals surface area contributed by atoms with Crippen molar-refractivity contribution in [1.29, 1.82) is 0 Å². The summed E-state index contributed by atoms with van der Waals surface area (Å²) in [6.07, 6.45) is 0.695. The van der Waals surface area contributed by atoms with Crippen LogP contribution < -0.4 is 5.32 Å².